The highest BCUT2D eigenvalue weighted by Gasteiger charge is 2.21. The minimum atomic E-state index is 0.370. The standard InChI is InChI=1S/C25H24N4O/c30-23-13-7-4-10-20(23)18-28-14-16-29(17-15-28)25-21-11-5-6-12-22(21)26-24(27-25)19-8-2-1-3-9-19/h1-13,30H,14-18H2. The van der Waals surface area contributed by atoms with Crippen LogP contribution in [0.4, 0.5) is 5.82 Å². The summed E-state index contributed by atoms with van der Waals surface area (Å²) in [5, 5.41) is 11.2. The van der Waals surface area contributed by atoms with E-state index in [4.69, 9.17) is 9.97 Å². The monoisotopic (exact) mass is 396 g/mol. The second-order valence-corrected chi connectivity index (χ2v) is 7.65. The van der Waals surface area contributed by atoms with Gasteiger partial charge in [0, 0.05) is 49.2 Å². The molecule has 2 heterocycles. The molecule has 3 aromatic carbocycles. The SMILES string of the molecule is Oc1ccccc1CN1CCN(c2nc(-c3ccccc3)nc3ccccc23)CC1. The fraction of sp³-hybridized carbons (Fsp3) is 0.200. The maximum absolute atomic E-state index is 10.1. The average Bonchev–Trinajstić information content (AvgIpc) is 2.81. The van der Waals surface area contributed by atoms with E-state index in [0.29, 0.717) is 5.75 Å². The number of piperazine rings is 1. The lowest BCUT2D eigenvalue weighted by Gasteiger charge is -2.36. The minimum Gasteiger partial charge on any atom is -0.508 e. The second kappa shape index (κ2) is 8.13. The molecule has 150 valence electrons. The highest BCUT2D eigenvalue weighted by atomic mass is 16.3. The van der Waals surface area contributed by atoms with Gasteiger partial charge in [-0.15, -0.1) is 0 Å². The highest BCUT2D eigenvalue weighted by molar-refractivity contribution is 5.91. The lowest BCUT2D eigenvalue weighted by molar-refractivity contribution is 0.246. The van der Waals surface area contributed by atoms with Gasteiger partial charge in [-0.2, -0.15) is 0 Å². The first kappa shape index (κ1) is 18.6. The molecular weight excluding hydrogens is 372 g/mol. The van der Waals surface area contributed by atoms with Crippen molar-refractivity contribution in [3.05, 3.63) is 84.4 Å². The molecule has 1 aliphatic rings. The van der Waals surface area contributed by atoms with Gasteiger partial charge in [0.05, 0.1) is 5.52 Å². The van der Waals surface area contributed by atoms with Crippen LogP contribution in [0.3, 0.4) is 0 Å². The van der Waals surface area contributed by atoms with Crippen LogP contribution < -0.4 is 4.90 Å². The number of anilines is 1. The predicted molar refractivity (Wildman–Crippen MR) is 121 cm³/mol. The van der Waals surface area contributed by atoms with Crippen LogP contribution >= 0.6 is 0 Å². The van der Waals surface area contributed by atoms with Crippen molar-refractivity contribution >= 4 is 16.7 Å². The molecule has 4 aromatic rings. The van der Waals surface area contributed by atoms with Crippen LogP contribution in [0.1, 0.15) is 5.56 Å². The summed E-state index contributed by atoms with van der Waals surface area (Å²) in [6.07, 6.45) is 0. The number of para-hydroxylation sites is 2. The number of rotatable bonds is 4. The van der Waals surface area contributed by atoms with Gasteiger partial charge in [0.15, 0.2) is 5.82 Å². The Morgan fingerprint density at radius 3 is 2.23 bits per heavy atom. The predicted octanol–water partition coefficient (Wildman–Crippen LogP) is 4.32. The van der Waals surface area contributed by atoms with Crippen LogP contribution in [0.15, 0.2) is 78.9 Å². The molecule has 5 heteroatoms. The lowest BCUT2D eigenvalue weighted by Crippen LogP contribution is -2.46. The summed E-state index contributed by atoms with van der Waals surface area (Å²) in [6, 6.07) is 26.0. The number of hydrogen-bond donors (Lipinski definition) is 1. The van der Waals surface area contributed by atoms with Gasteiger partial charge >= 0.3 is 0 Å². The molecular formula is C25H24N4O. The van der Waals surface area contributed by atoms with E-state index in [9.17, 15) is 5.11 Å². The highest BCUT2D eigenvalue weighted by Crippen LogP contribution is 2.28. The van der Waals surface area contributed by atoms with Gasteiger partial charge in [-0.1, -0.05) is 60.7 Å². The van der Waals surface area contributed by atoms with E-state index in [1.165, 1.54) is 0 Å². The minimum absolute atomic E-state index is 0.370. The summed E-state index contributed by atoms with van der Waals surface area (Å²) in [6.45, 7) is 4.40. The van der Waals surface area contributed by atoms with E-state index >= 15 is 0 Å². The van der Waals surface area contributed by atoms with Crippen LogP contribution in [-0.4, -0.2) is 46.2 Å². The number of phenols is 1. The second-order valence-electron chi connectivity index (χ2n) is 7.65. The summed E-state index contributed by atoms with van der Waals surface area (Å²) in [7, 11) is 0. The molecule has 1 aliphatic heterocycles. The molecule has 0 spiro atoms. The zero-order valence-corrected chi connectivity index (χ0v) is 16.8. The van der Waals surface area contributed by atoms with E-state index < -0.39 is 0 Å². The van der Waals surface area contributed by atoms with Crippen molar-refractivity contribution in [2.45, 2.75) is 6.54 Å². The largest absolute Gasteiger partial charge is 0.508 e. The topological polar surface area (TPSA) is 52.5 Å². The summed E-state index contributed by atoms with van der Waals surface area (Å²) >= 11 is 0. The molecule has 0 amide bonds. The molecule has 5 nitrogen and oxygen atoms in total. The van der Waals surface area contributed by atoms with Crippen molar-refractivity contribution in [2.75, 3.05) is 31.1 Å². The average molecular weight is 396 g/mol. The van der Waals surface area contributed by atoms with Gasteiger partial charge in [-0.05, 0) is 18.2 Å². The molecule has 0 atom stereocenters. The molecule has 0 saturated carbocycles. The molecule has 1 saturated heterocycles. The molecule has 1 fully saturated rings. The Morgan fingerprint density at radius 2 is 1.43 bits per heavy atom. The van der Waals surface area contributed by atoms with Gasteiger partial charge in [-0.3, -0.25) is 4.90 Å². The fourth-order valence-corrected chi connectivity index (χ4v) is 4.02. The van der Waals surface area contributed by atoms with Crippen LogP contribution in [0.2, 0.25) is 0 Å². The Kier molecular flexibility index (Phi) is 5.03. The summed E-state index contributed by atoms with van der Waals surface area (Å²) < 4.78 is 0. The maximum Gasteiger partial charge on any atom is 0.162 e. The number of benzene rings is 3. The summed E-state index contributed by atoms with van der Waals surface area (Å²) in [5.74, 6) is 2.14. The normalized spacial score (nSPS) is 14.9. The van der Waals surface area contributed by atoms with Crippen molar-refractivity contribution in [2.24, 2.45) is 0 Å². The smallest absolute Gasteiger partial charge is 0.162 e. The number of nitrogens with zero attached hydrogens (tertiary/aromatic N) is 4. The zero-order valence-electron chi connectivity index (χ0n) is 16.8. The van der Waals surface area contributed by atoms with Crippen LogP contribution in [-0.2, 0) is 6.54 Å². The van der Waals surface area contributed by atoms with E-state index in [1.54, 1.807) is 6.07 Å². The van der Waals surface area contributed by atoms with Crippen molar-refractivity contribution in [3.63, 3.8) is 0 Å². The molecule has 0 aliphatic carbocycles. The number of hydrogen-bond acceptors (Lipinski definition) is 5. The number of phenolic OH excluding ortho intramolecular Hbond substituents is 1. The molecule has 30 heavy (non-hydrogen) atoms. The first-order valence-electron chi connectivity index (χ1n) is 10.3. The Morgan fingerprint density at radius 1 is 0.733 bits per heavy atom. The van der Waals surface area contributed by atoms with E-state index in [2.05, 4.69) is 34.1 Å². The maximum atomic E-state index is 10.1. The Labute approximate surface area is 176 Å². The first-order chi connectivity index (χ1) is 14.8. The summed E-state index contributed by atoms with van der Waals surface area (Å²) in [5.41, 5.74) is 2.98. The Bertz CT molecular complexity index is 1150. The van der Waals surface area contributed by atoms with Crippen molar-refractivity contribution in [3.8, 4) is 17.1 Å². The van der Waals surface area contributed by atoms with E-state index in [0.717, 1.165) is 66.4 Å². The number of fused-ring (bicyclic) bond motifs is 1. The molecule has 1 N–H and O–H groups in total. The molecule has 1 aromatic heterocycles. The third kappa shape index (κ3) is 3.72. The molecule has 0 bridgehead atoms. The first-order valence-corrected chi connectivity index (χ1v) is 10.3. The van der Waals surface area contributed by atoms with Crippen LogP contribution in [0, 0.1) is 0 Å². The number of aromatic nitrogens is 2. The van der Waals surface area contributed by atoms with Crippen LogP contribution in [0.5, 0.6) is 5.75 Å². The van der Waals surface area contributed by atoms with Gasteiger partial charge in [0.1, 0.15) is 11.6 Å². The molecule has 5 rings (SSSR count). The van der Waals surface area contributed by atoms with Crippen molar-refractivity contribution in [1.82, 2.24) is 14.9 Å². The van der Waals surface area contributed by atoms with Gasteiger partial charge in [0.25, 0.3) is 0 Å². The summed E-state index contributed by atoms with van der Waals surface area (Å²) in [4.78, 5) is 14.5. The Balaban J connectivity index is 1.41. The van der Waals surface area contributed by atoms with E-state index in [-0.39, 0.29) is 0 Å². The third-order valence-electron chi connectivity index (χ3n) is 5.67. The van der Waals surface area contributed by atoms with Gasteiger partial charge in [-0.25, -0.2) is 9.97 Å². The molecule has 0 radical (unpaired) electrons. The zero-order chi connectivity index (χ0) is 20.3. The van der Waals surface area contributed by atoms with Crippen molar-refractivity contribution in [1.29, 1.82) is 0 Å². The number of aromatic hydroxyl groups is 1. The lowest BCUT2D eigenvalue weighted by atomic mass is 10.1. The van der Waals surface area contributed by atoms with E-state index in [1.807, 2.05) is 48.5 Å². The van der Waals surface area contributed by atoms with Gasteiger partial charge in [0.2, 0.25) is 0 Å². The molecule has 0 unspecified atom stereocenters. The third-order valence-corrected chi connectivity index (χ3v) is 5.67. The van der Waals surface area contributed by atoms with Crippen LogP contribution in [0.25, 0.3) is 22.3 Å². The quantitative estimate of drug-likeness (QED) is 0.557. The Hall–Kier alpha value is -3.44. The fourth-order valence-electron chi connectivity index (χ4n) is 4.02. The van der Waals surface area contributed by atoms with Crippen molar-refractivity contribution < 1.29 is 5.11 Å². The van der Waals surface area contributed by atoms with Gasteiger partial charge < -0.3 is 10.0 Å².